The van der Waals surface area contributed by atoms with Crippen molar-refractivity contribution in [2.45, 2.75) is 78.6 Å². The molecule has 0 aromatic carbocycles. The van der Waals surface area contributed by atoms with Gasteiger partial charge in [-0.3, -0.25) is 4.79 Å². The molecule has 0 N–H and O–H groups in total. The Morgan fingerprint density at radius 3 is 2.39 bits per heavy atom. The molecule has 0 aliphatic heterocycles. The summed E-state index contributed by atoms with van der Waals surface area (Å²) in [6, 6.07) is 0. The molecular weight excluding hydrogens is 220 g/mol. The zero-order valence-corrected chi connectivity index (χ0v) is 12.5. The van der Waals surface area contributed by atoms with Crippen molar-refractivity contribution in [3.05, 3.63) is 0 Å². The van der Waals surface area contributed by atoms with Gasteiger partial charge in [0.05, 0.1) is 0 Å². The molecule has 0 spiro atoms. The Bertz CT molecular complexity index is 286. The van der Waals surface area contributed by atoms with E-state index in [4.69, 9.17) is 0 Å². The van der Waals surface area contributed by atoms with Crippen molar-refractivity contribution < 1.29 is 4.79 Å². The molecule has 2 atom stereocenters. The molecule has 0 heterocycles. The van der Waals surface area contributed by atoms with Crippen molar-refractivity contribution in [2.75, 3.05) is 0 Å². The van der Waals surface area contributed by atoms with Gasteiger partial charge in [0.1, 0.15) is 5.78 Å². The molecule has 0 saturated heterocycles. The van der Waals surface area contributed by atoms with Gasteiger partial charge in [0, 0.05) is 12.3 Å². The summed E-state index contributed by atoms with van der Waals surface area (Å²) in [4.78, 5) is 12.2. The number of hydrogen-bond donors (Lipinski definition) is 0. The lowest BCUT2D eigenvalue weighted by atomic mass is 9.66. The summed E-state index contributed by atoms with van der Waals surface area (Å²) in [5, 5.41) is 0. The van der Waals surface area contributed by atoms with E-state index in [0.717, 1.165) is 18.8 Å². The number of carbonyl (C=O) groups excluding carboxylic acids is 1. The van der Waals surface area contributed by atoms with Crippen LogP contribution in [0.2, 0.25) is 0 Å². The third-order valence-corrected chi connectivity index (χ3v) is 5.50. The van der Waals surface area contributed by atoms with Crippen LogP contribution < -0.4 is 0 Å². The first-order chi connectivity index (χ1) is 8.49. The normalized spacial score (nSPS) is 30.9. The molecule has 2 unspecified atom stereocenters. The van der Waals surface area contributed by atoms with Crippen LogP contribution in [0.3, 0.4) is 0 Å². The predicted molar refractivity (Wildman–Crippen MR) is 76.5 cm³/mol. The topological polar surface area (TPSA) is 17.1 Å². The fourth-order valence-corrected chi connectivity index (χ4v) is 4.08. The smallest absolute Gasteiger partial charge is 0.136 e. The maximum atomic E-state index is 12.2. The van der Waals surface area contributed by atoms with Gasteiger partial charge < -0.3 is 0 Å². The standard InChI is InChI=1S/C17H30O/c1-13-8-9-15(16(18)12-13)17(2,3)11-10-14-6-4-5-7-14/h13-15H,4-12H2,1-3H3. The molecule has 1 nitrogen and oxygen atoms in total. The Balaban J connectivity index is 1.86. The van der Waals surface area contributed by atoms with E-state index in [0.29, 0.717) is 17.6 Å². The van der Waals surface area contributed by atoms with Gasteiger partial charge in [-0.2, -0.15) is 0 Å². The van der Waals surface area contributed by atoms with Crippen molar-refractivity contribution in [2.24, 2.45) is 23.2 Å². The highest BCUT2D eigenvalue weighted by molar-refractivity contribution is 5.82. The summed E-state index contributed by atoms with van der Waals surface area (Å²) in [5.41, 5.74) is 0.236. The second-order valence-electron chi connectivity index (χ2n) is 7.58. The second kappa shape index (κ2) is 5.75. The highest BCUT2D eigenvalue weighted by atomic mass is 16.1. The van der Waals surface area contributed by atoms with E-state index in [-0.39, 0.29) is 5.41 Å². The zero-order chi connectivity index (χ0) is 13.2. The maximum Gasteiger partial charge on any atom is 0.136 e. The van der Waals surface area contributed by atoms with Crippen molar-refractivity contribution in [3.63, 3.8) is 0 Å². The molecule has 0 amide bonds. The van der Waals surface area contributed by atoms with Gasteiger partial charge in [-0.15, -0.1) is 0 Å². The summed E-state index contributed by atoms with van der Waals surface area (Å²) in [6.07, 6.45) is 11.6. The molecule has 2 rings (SSSR count). The van der Waals surface area contributed by atoms with Crippen LogP contribution in [0.5, 0.6) is 0 Å². The summed E-state index contributed by atoms with van der Waals surface area (Å²) < 4.78 is 0. The minimum Gasteiger partial charge on any atom is -0.299 e. The molecule has 2 aliphatic carbocycles. The number of ketones is 1. The van der Waals surface area contributed by atoms with Crippen molar-refractivity contribution in [3.8, 4) is 0 Å². The molecule has 0 aromatic heterocycles. The lowest BCUT2D eigenvalue weighted by molar-refractivity contribution is -0.130. The Kier molecular flexibility index (Phi) is 4.50. The summed E-state index contributed by atoms with van der Waals surface area (Å²) >= 11 is 0. The van der Waals surface area contributed by atoms with Crippen LogP contribution in [0.15, 0.2) is 0 Å². The molecule has 2 fully saturated rings. The van der Waals surface area contributed by atoms with E-state index in [1.54, 1.807) is 0 Å². The highest BCUT2D eigenvalue weighted by Gasteiger charge is 2.38. The fraction of sp³-hybridized carbons (Fsp3) is 0.941. The Hall–Kier alpha value is -0.330. The van der Waals surface area contributed by atoms with Crippen LogP contribution in [0.4, 0.5) is 0 Å². The first kappa shape index (κ1) is 14.1. The molecule has 1 heteroatoms. The molecule has 0 aromatic rings. The monoisotopic (exact) mass is 250 g/mol. The molecule has 18 heavy (non-hydrogen) atoms. The molecule has 2 aliphatic rings. The van der Waals surface area contributed by atoms with E-state index < -0.39 is 0 Å². The van der Waals surface area contributed by atoms with Crippen LogP contribution in [0, 0.1) is 23.2 Å². The minimum atomic E-state index is 0.236. The molecular formula is C17H30O. The summed E-state index contributed by atoms with van der Waals surface area (Å²) in [5.74, 6) is 2.47. The van der Waals surface area contributed by atoms with Gasteiger partial charge >= 0.3 is 0 Å². The lowest BCUT2D eigenvalue weighted by Crippen LogP contribution is -2.35. The quantitative estimate of drug-likeness (QED) is 0.687. The number of hydrogen-bond acceptors (Lipinski definition) is 1. The summed E-state index contributed by atoms with van der Waals surface area (Å²) in [6.45, 7) is 6.89. The van der Waals surface area contributed by atoms with Gasteiger partial charge in [0.15, 0.2) is 0 Å². The Labute approximate surface area is 113 Å². The van der Waals surface area contributed by atoms with Gasteiger partial charge in [0.25, 0.3) is 0 Å². The van der Waals surface area contributed by atoms with Gasteiger partial charge in [-0.25, -0.2) is 0 Å². The van der Waals surface area contributed by atoms with Crippen molar-refractivity contribution in [1.82, 2.24) is 0 Å². The third kappa shape index (κ3) is 3.36. The van der Waals surface area contributed by atoms with Crippen LogP contribution >= 0.6 is 0 Å². The summed E-state index contributed by atoms with van der Waals surface area (Å²) in [7, 11) is 0. The minimum absolute atomic E-state index is 0.236. The van der Waals surface area contributed by atoms with E-state index in [9.17, 15) is 4.79 Å². The van der Waals surface area contributed by atoms with Gasteiger partial charge in [-0.1, -0.05) is 46.5 Å². The zero-order valence-electron chi connectivity index (χ0n) is 12.5. The number of Topliss-reactive ketones (excluding diaryl/α,β-unsaturated/α-hetero) is 1. The third-order valence-electron chi connectivity index (χ3n) is 5.50. The van der Waals surface area contributed by atoms with Crippen LogP contribution in [0.25, 0.3) is 0 Å². The average molecular weight is 250 g/mol. The largest absolute Gasteiger partial charge is 0.299 e. The second-order valence-corrected chi connectivity index (χ2v) is 7.58. The van der Waals surface area contributed by atoms with Crippen molar-refractivity contribution >= 4 is 5.78 Å². The van der Waals surface area contributed by atoms with E-state index in [1.807, 2.05) is 0 Å². The molecule has 104 valence electrons. The van der Waals surface area contributed by atoms with E-state index >= 15 is 0 Å². The maximum absolute atomic E-state index is 12.2. The Morgan fingerprint density at radius 1 is 1.11 bits per heavy atom. The number of carbonyl (C=O) groups is 1. The first-order valence-electron chi connectivity index (χ1n) is 8.02. The SMILES string of the molecule is CC1CCC(C(C)(C)CCC2CCCC2)C(=O)C1. The lowest BCUT2D eigenvalue weighted by Gasteiger charge is -2.38. The van der Waals surface area contributed by atoms with Crippen LogP contribution in [0.1, 0.15) is 78.6 Å². The highest BCUT2D eigenvalue weighted by Crippen LogP contribution is 2.42. The average Bonchev–Trinajstić information content (AvgIpc) is 2.78. The fourth-order valence-electron chi connectivity index (χ4n) is 4.08. The Morgan fingerprint density at radius 2 is 1.78 bits per heavy atom. The molecule has 0 radical (unpaired) electrons. The van der Waals surface area contributed by atoms with Crippen molar-refractivity contribution in [1.29, 1.82) is 0 Å². The molecule has 0 bridgehead atoms. The van der Waals surface area contributed by atoms with Gasteiger partial charge in [-0.05, 0) is 42.9 Å². The molecule has 2 saturated carbocycles. The van der Waals surface area contributed by atoms with Crippen LogP contribution in [-0.4, -0.2) is 5.78 Å². The van der Waals surface area contributed by atoms with Crippen LogP contribution in [-0.2, 0) is 4.79 Å². The predicted octanol–water partition coefficient (Wildman–Crippen LogP) is 4.99. The van der Waals surface area contributed by atoms with Gasteiger partial charge in [0.2, 0.25) is 0 Å². The number of rotatable bonds is 4. The first-order valence-corrected chi connectivity index (χ1v) is 8.02. The van der Waals surface area contributed by atoms with E-state index in [1.165, 1.54) is 44.9 Å². The van der Waals surface area contributed by atoms with E-state index in [2.05, 4.69) is 20.8 Å².